The molecule has 0 heterocycles. The van der Waals surface area contributed by atoms with Crippen LogP contribution < -0.4 is 12.4 Å². The fraction of sp³-hybridized carbons (Fsp3) is 1.00. The van der Waals surface area contributed by atoms with Gasteiger partial charge in [0.15, 0.2) is 12.7 Å². The van der Waals surface area contributed by atoms with Crippen LogP contribution in [0.15, 0.2) is 0 Å². The van der Waals surface area contributed by atoms with Gasteiger partial charge in [-0.25, -0.2) is 0 Å². The van der Waals surface area contributed by atoms with Crippen LogP contribution in [-0.2, 0) is 0 Å². The molecule has 0 atom stereocenters. The first-order valence-electron chi connectivity index (χ1n) is 5.31. The van der Waals surface area contributed by atoms with Crippen LogP contribution in [0.5, 0.6) is 0 Å². The average Bonchev–Trinajstić information content (AvgIpc) is 2.20. The number of halogens is 1. The summed E-state index contributed by atoms with van der Waals surface area (Å²) in [6, 6.07) is 0. The molecule has 0 aromatic rings. The lowest BCUT2D eigenvalue weighted by atomic mass is 10.4. The van der Waals surface area contributed by atoms with Crippen molar-refractivity contribution in [2.45, 2.75) is 39.5 Å². The van der Waals surface area contributed by atoms with Gasteiger partial charge in [-0.05, 0) is 12.8 Å². The van der Waals surface area contributed by atoms with Gasteiger partial charge in [-0.3, -0.25) is 0 Å². The Labute approximate surface area is 94.8 Å². The first-order chi connectivity index (χ1) is 6.24. The number of hydrogen-bond acceptors (Lipinski definition) is 2. The van der Waals surface area contributed by atoms with Gasteiger partial charge in [-0.2, -0.15) is 0 Å². The van der Waals surface area contributed by atoms with Crippen molar-refractivity contribution in [3.63, 3.8) is 0 Å². The molecule has 0 aliphatic heterocycles. The highest BCUT2D eigenvalue weighted by Gasteiger charge is 2.34. The Morgan fingerprint density at radius 1 is 0.857 bits per heavy atom. The van der Waals surface area contributed by atoms with Gasteiger partial charge in [0, 0.05) is 0 Å². The zero-order valence-corrected chi connectivity index (χ0v) is 11.0. The van der Waals surface area contributed by atoms with Crippen molar-refractivity contribution >= 4 is 7.26 Å². The maximum absolute atomic E-state index is 9.32. The molecule has 0 fully saturated rings. The first kappa shape index (κ1) is 17.0. The van der Waals surface area contributed by atoms with E-state index in [0.29, 0.717) is 0 Å². The van der Waals surface area contributed by atoms with Crippen molar-refractivity contribution in [3.05, 3.63) is 0 Å². The van der Waals surface area contributed by atoms with Crippen molar-refractivity contribution in [3.8, 4) is 0 Å². The minimum absolute atomic E-state index is 0. The van der Waals surface area contributed by atoms with E-state index < -0.39 is 7.26 Å². The highest BCUT2D eigenvalue weighted by Crippen LogP contribution is 2.58. The van der Waals surface area contributed by atoms with Gasteiger partial charge in [0.1, 0.15) is 0 Å². The van der Waals surface area contributed by atoms with E-state index in [1.165, 1.54) is 0 Å². The van der Waals surface area contributed by atoms with Gasteiger partial charge in [0.2, 0.25) is 0 Å². The Morgan fingerprint density at radius 2 is 1.21 bits per heavy atom. The monoisotopic (exact) mass is 242 g/mol. The molecule has 0 saturated carbocycles. The van der Waals surface area contributed by atoms with E-state index in [9.17, 15) is 10.2 Å². The minimum Gasteiger partial charge on any atom is -1.00 e. The van der Waals surface area contributed by atoms with Crippen LogP contribution in [0.25, 0.3) is 0 Å². The topological polar surface area (TPSA) is 40.5 Å². The first-order valence-corrected chi connectivity index (χ1v) is 7.84. The summed E-state index contributed by atoms with van der Waals surface area (Å²) < 4.78 is 0. The summed E-state index contributed by atoms with van der Waals surface area (Å²) in [6.07, 6.45) is 7.24. The van der Waals surface area contributed by atoms with E-state index in [-0.39, 0.29) is 25.1 Å². The Kier molecular flexibility index (Phi) is 12.4. The smallest absolute Gasteiger partial charge is 0.156 e. The molecule has 88 valence electrons. The molecule has 0 unspecified atom stereocenters. The molecule has 0 saturated heterocycles. The lowest BCUT2D eigenvalue weighted by molar-refractivity contribution is -0.00000459. The summed E-state index contributed by atoms with van der Waals surface area (Å²) in [5, 5.41) is 18.6. The molecule has 0 bridgehead atoms. The fourth-order valence-electron chi connectivity index (χ4n) is 1.43. The number of hydrogen-bond donors (Lipinski definition) is 2. The largest absolute Gasteiger partial charge is 1.00 e. The molecular formula is C10H24ClO2P. The summed E-state index contributed by atoms with van der Waals surface area (Å²) in [4.78, 5) is 0. The molecule has 4 heteroatoms. The van der Waals surface area contributed by atoms with Crippen LogP contribution in [0, 0.1) is 0 Å². The summed E-state index contributed by atoms with van der Waals surface area (Å²) in [5.74, 6) is 0. The predicted octanol–water partition coefficient (Wildman–Crippen LogP) is -0.492. The Balaban J connectivity index is 0. The van der Waals surface area contributed by atoms with E-state index in [1.807, 2.05) is 0 Å². The van der Waals surface area contributed by atoms with E-state index in [0.717, 1.165) is 38.0 Å². The molecule has 0 spiro atoms. The summed E-state index contributed by atoms with van der Waals surface area (Å²) >= 11 is 0. The third-order valence-electron chi connectivity index (χ3n) is 2.57. The SMILES string of the molecule is CCCC[P+](CO)(CO)CCCC.[Cl-]. The molecule has 0 aliphatic rings. The maximum atomic E-state index is 9.32. The number of aliphatic hydroxyl groups is 2. The van der Waals surface area contributed by atoms with E-state index in [1.54, 1.807) is 0 Å². The third-order valence-corrected chi connectivity index (χ3v) is 6.30. The van der Waals surface area contributed by atoms with Gasteiger partial charge >= 0.3 is 0 Å². The van der Waals surface area contributed by atoms with E-state index in [4.69, 9.17) is 0 Å². The third kappa shape index (κ3) is 6.19. The van der Waals surface area contributed by atoms with E-state index in [2.05, 4.69) is 13.8 Å². The van der Waals surface area contributed by atoms with Gasteiger partial charge in [-0.1, -0.05) is 26.7 Å². The average molecular weight is 243 g/mol. The highest BCUT2D eigenvalue weighted by molar-refractivity contribution is 7.75. The van der Waals surface area contributed by atoms with Crippen LogP contribution in [0.4, 0.5) is 0 Å². The molecule has 14 heavy (non-hydrogen) atoms. The molecule has 0 rings (SSSR count). The van der Waals surface area contributed by atoms with Crippen LogP contribution in [0.1, 0.15) is 39.5 Å². The Hall–Kier alpha value is 0.640. The quantitative estimate of drug-likeness (QED) is 0.564. The van der Waals surface area contributed by atoms with Gasteiger partial charge in [-0.15, -0.1) is 0 Å². The van der Waals surface area contributed by atoms with Crippen molar-refractivity contribution in [1.82, 2.24) is 0 Å². The van der Waals surface area contributed by atoms with Gasteiger partial charge < -0.3 is 22.6 Å². The molecule has 0 amide bonds. The van der Waals surface area contributed by atoms with Gasteiger partial charge in [0.05, 0.1) is 19.6 Å². The molecule has 0 aromatic heterocycles. The summed E-state index contributed by atoms with van der Waals surface area (Å²) in [5.41, 5.74) is 0. The zero-order valence-electron chi connectivity index (χ0n) is 9.38. The molecule has 2 nitrogen and oxygen atoms in total. The number of rotatable bonds is 8. The van der Waals surface area contributed by atoms with Gasteiger partial charge in [0.25, 0.3) is 0 Å². The fourth-order valence-corrected chi connectivity index (χ4v) is 4.28. The predicted molar refractivity (Wildman–Crippen MR) is 60.6 cm³/mol. The standard InChI is InChI=1S/C10H24O2P.ClH/c1-3-5-7-13(9-11,10-12)8-6-4-2;/h11-12H,3-10H2,1-2H3;1H/q+1;/p-1. The maximum Gasteiger partial charge on any atom is 0.156 e. The second-order valence-electron chi connectivity index (χ2n) is 3.78. The van der Waals surface area contributed by atoms with Crippen LogP contribution in [0.3, 0.4) is 0 Å². The van der Waals surface area contributed by atoms with Crippen molar-refractivity contribution in [1.29, 1.82) is 0 Å². The lowest BCUT2D eigenvalue weighted by Crippen LogP contribution is -3.00. The molecule has 0 radical (unpaired) electrons. The Morgan fingerprint density at radius 3 is 1.43 bits per heavy atom. The molecule has 0 aromatic carbocycles. The molecule has 2 N–H and O–H groups in total. The number of unbranched alkanes of at least 4 members (excludes halogenated alkanes) is 2. The summed E-state index contributed by atoms with van der Waals surface area (Å²) in [6.45, 7) is 4.31. The minimum atomic E-state index is -1.38. The summed E-state index contributed by atoms with van der Waals surface area (Å²) in [7, 11) is -1.38. The normalized spacial score (nSPS) is 11.1. The Bertz CT molecular complexity index is 109. The van der Waals surface area contributed by atoms with Crippen LogP contribution in [0.2, 0.25) is 0 Å². The second-order valence-corrected chi connectivity index (χ2v) is 7.92. The lowest BCUT2D eigenvalue weighted by Gasteiger charge is -2.22. The van der Waals surface area contributed by atoms with Crippen LogP contribution in [-0.4, -0.2) is 35.2 Å². The van der Waals surface area contributed by atoms with Crippen molar-refractivity contribution < 1.29 is 22.6 Å². The highest BCUT2D eigenvalue weighted by atomic mass is 35.5. The van der Waals surface area contributed by atoms with E-state index >= 15 is 0 Å². The van der Waals surface area contributed by atoms with Crippen LogP contribution >= 0.6 is 7.26 Å². The molecule has 0 aliphatic carbocycles. The molecular weight excluding hydrogens is 219 g/mol. The zero-order chi connectivity index (χ0) is 10.2. The van der Waals surface area contributed by atoms with Crippen molar-refractivity contribution in [2.24, 2.45) is 0 Å². The van der Waals surface area contributed by atoms with Crippen molar-refractivity contribution in [2.75, 3.05) is 25.0 Å². The second kappa shape index (κ2) is 10.2. The number of aliphatic hydroxyl groups excluding tert-OH is 2.